The standard InChI is InChI=1S/C25H24O4/c1-28-19-11-9-14(10-12-19)20-21-17-7-8-18(13-17)23(21)24(26)22(20)15-3-5-16(6-4-15)25(27)29-2/h3-6,9-12,17-18,21,23H,7-8,13H2,1-2H3/t17-,18+,21-,23-/m1/s1. The molecule has 2 aromatic carbocycles. The Bertz CT molecular complexity index is 1000. The second-order valence-corrected chi connectivity index (χ2v) is 8.34. The Morgan fingerprint density at radius 3 is 2.10 bits per heavy atom. The lowest BCUT2D eigenvalue weighted by Gasteiger charge is -2.26. The van der Waals surface area contributed by atoms with Crippen molar-refractivity contribution in [1.82, 2.24) is 0 Å². The molecular weight excluding hydrogens is 364 g/mol. The molecule has 3 aliphatic rings. The van der Waals surface area contributed by atoms with Crippen LogP contribution in [0.1, 0.15) is 40.7 Å². The smallest absolute Gasteiger partial charge is 0.337 e. The van der Waals surface area contributed by atoms with E-state index >= 15 is 0 Å². The SMILES string of the molecule is COC(=O)c1ccc(C2=C(c3ccc(OC)cc3)[C@H]3[C@@H]4CC[C@@H](C4)[C@H]3C2=O)cc1. The number of ether oxygens (including phenoxy) is 2. The van der Waals surface area contributed by atoms with Gasteiger partial charge < -0.3 is 9.47 Å². The maximum Gasteiger partial charge on any atom is 0.337 e. The van der Waals surface area contributed by atoms with Gasteiger partial charge in [0.05, 0.1) is 19.8 Å². The lowest BCUT2D eigenvalue weighted by atomic mass is 9.77. The Balaban J connectivity index is 1.64. The molecule has 2 saturated carbocycles. The predicted molar refractivity (Wildman–Crippen MR) is 110 cm³/mol. The first kappa shape index (κ1) is 18.2. The van der Waals surface area contributed by atoms with E-state index in [1.165, 1.54) is 31.9 Å². The van der Waals surface area contributed by atoms with Gasteiger partial charge in [-0.05, 0) is 78.0 Å². The number of methoxy groups -OCH3 is 2. The van der Waals surface area contributed by atoms with E-state index < -0.39 is 0 Å². The molecule has 5 rings (SSSR count). The Morgan fingerprint density at radius 2 is 1.48 bits per heavy atom. The number of hydrogen-bond donors (Lipinski definition) is 0. The molecule has 0 N–H and O–H groups in total. The Hall–Kier alpha value is -2.88. The topological polar surface area (TPSA) is 52.6 Å². The number of carbonyl (C=O) groups excluding carboxylic acids is 2. The predicted octanol–water partition coefficient (Wildman–Crippen LogP) is 4.64. The number of allylic oxidation sites excluding steroid dienone is 2. The van der Waals surface area contributed by atoms with Crippen molar-refractivity contribution in [3.05, 3.63) is 65.2 Å². The number of hydrogen-bond acceptors (Lipinski definition) is 4. The summed E-state index contributed by atoms with van der Waals surface area (Å²) in [6, 6.07) is 15.3. The van der Waals surface area contributed by atoms with Gasteiger partial charge in [-0.3, -0.25) is 4.79 Å². The van der Waals surface area contributed by atoms with Crippen LogP contribution in [0.5, 0.6) is 5.75 Å². The number of rotatable bonds is 4. The molecule has 4 nitrogen and oxygen atoms in total. The van der Waals surface area contributed by atoms with E-state index in [1.54, 1.807) is 19.2 Å². The molecule has 148 valence electrons. The van der Waals surface area contributed by atoms with Crippen LogP contribution in [0.4, 0.5) is 0 Å². The van der Waals surface area contributed by atoms with E-state index in [4.69, 9.17) is 9.47 Å². The van der Waals surface area contributed by atoms with Gasteiger partial charge in [-0.2, -0.15) is 0 Å². The first-order valence-electron chi connectivity index (χ1n) is 10.2. The molecule has 0 saturated heterocycles. The van der Waals surface area contributed by atoms with E-state index in [-0.39, 0.29) is 17.7 Å². The summed E-state index contributed by atoms with van der Waals surface area (Å²) in [4.78, 5) is 25.4. The van der Waals surface area contributed by atoms with Gasteiger partial charge in [0.1, 0.15) is 5.75 Å². The van der Waals surface area contributed by atoms with Crippen LogP contribution >= 0.6 is 0 Å². The van der Waals surface area contributed by atoms with Crippen molar-refractivity contribution < 1.29 is 19.1 Å². The summed E-state index contributed by atoms with van der Waals surface area (Å²) < 4.78 is 10.1. The van der Waals surface area contributed by atoms with Crippen molar-refractivity contribution in [2.45, 2.75) is 19.3 Å². The summed E-state index contributed by atoms with van der Waals surface area (Å²) in [5.41, 5.74) is 4.50. The van der Waals surface area contributed by atoms with Gasteiger partial charge in [-0.15, -0.1) is 0 Å². The minimum atomic E-state index is -0.367. The minimum absolute atomic E-state index is 0.112. The molecule has 29 heavy (non-hydrogen) atoms. The zero-order valence-electron chi connectivity index (χ0n) is 16.7. The molecule has 0 amide bonds. The second-order valence-electron chi connectivity index (χ2n) is 8.34. The third kappa shape index (κ3) is 2.73. The van der Waals surface area contributed by atoms with Crippen molar-refractivity contribution in [3.8, 4) is 5.75 Å². The number of fused-ring (bicyclic) bond motifs is 5. The number of ketones is 1. The van der Waals surface area contributed by atoms with Crippen molar-refractivity contribution >= 4 is 22.9 Å². The Morgan fingerprint density at radius 1 is 0.862 bits per heavy atom. The van der Waals surface area contributed by atoms with E-state index in [0.717, 1.165) is 22.4 Å². The summed E-state index contributed by atoms with van der Waals surface area (Å²) in [6.07, 6.45) is 3.56. The third-order valence-corrected chi connectivity index (χ3v) is 7.06. The van der Waals surface area contributed by atoms with Crippen LogP contribution in [-0.2, 0) is 9.53 Å². The van der Waals surface area contributed by atoms with E-state index in [1.807, 2.05) is 24.3 Å². The molecule has 0 heterocycles. The maximum atomic E-state index is 13.6. The van der Waals surface area contributed by atoms with Gasteiger partial charge in [0.15, 0.2) is 5.78 Å². The van der Waals surface area contributed by atoms with E-state index in [9.17, 15) is 9.59 Å². The quantitative estimate of drug-likeness (QED) is 0.716. The first-order chi connectivity index (χ1) is 14.1. The van der Waals surface area contributed by atoms with Gasteiger partial charge in [0, 0.05) is 11.5 Å². The van der Waals surface area contributed by atoms with Crippen molar-refractivity contribution in [3.63, 3.8) is 0 Å². The summed E-state index contributed by atoms with van der Waals surface area (Å²) in [5, 5.41) is 0. The summed E-state index contributed by atoms with van der Waals surface area (Å²) >= 11 is 0. The molecule has 2 bridgehead atoms. The van der Waals surface area contributed by atoms with E-state index in [2.05, 4.69) is 12.1 Å². The fraction of sp³-hybridized carbons (Fsp3) is 0.360. The van der Waals surface area contributed by atoms with Crippen LogP contribution in [0, 0.1) is 23.7 Å². The molecule has 0 spiro atoms. The number of esters is 1. The van der Waals surface area contributed by atoms with Crippen LogP contribution in [-0.4, -0.2) is 26.0 Å². The van der Waals surface area contributed by atoms with Crippen LogP contribution in [0.3, 0.4) is 0 Å². The lowest BCUT2D eigenvalue weighted by Crippen LogP contribution is -2.24. The number of carbonyl (C=O) groups is 2. The molecule has 4 heteroatoms. The van der Waals surface area contributed by atoms with Crippen LogP contribution in [0.15, 0.2) is 48.5 Å². The van der Waals surface area contributed by atoms with Crippen LogP contribution in [0.25, 0.3) is 11.1 Å². The average molecular weight is 388 g/mol. The third-order valence-electron chi connectivity index (χ3n) is 7.06. The minimum Gasteiger partial charge on any atom is -0.497 e. The Labute approximate surface area is 170 Å². The van der Waals surface area contributed by atoms with E-state index in [0.29, 0.717) is 23.3 Å². The van der Waals surface area contributed by atoms with Crippen molar-refractivity contribution in [2.75, 3.05) is 14.2 Å². The highest BCUT2D eigenvalue weighted by molar-refractivity contribution is 6.33. The summed E-state index contributed by atoms with van der Waals surface area (Å²) in [6.45, 7) is 0. The molecule has 0 unspecified atom stereocenters. The highest BCUT2D eigenvalue weighted by Crippen LogP contribution is 2.62. The zero-order valence-corrected chi connectivity index (χ0v) is 16.7. The number of Topliss-reactive ketones (excluding diaryl/α,β-unsaturated/α-hetero) is 1. The molecule has 0 aromatic heterocycles. The molecule has 0 aliphatic heterocycles. The molecule has 2 fully saturated rings. The molecule has 3 aliphatic carbocycles. The average Bonchev–Trinajstić information content (AvgIpc) is 3.46. The van der Waals surface area contributed by atoms with Crippen molar-refractivity contribution in [2.24, 2.45) is 23.7 Å². The molecule has 0 radical (unpaired) electrons. The van der Waals surface area contributed by atoms with Crippen LogP contribution < -0.4 is 4.74 Å². The molecule has 4 atom stereocenters. The fourth-order valence-electron chi connectivity index (χ4n) is 5.85. The van der Waals surface area contributed by atoms with Gasteiger partial charge in [-0.25, -0.2) is 4.79 Å². The highest BCUT2D eigenvalue weighted by Gasteiger charge is 2.57. The van der Waals surface area contributed by atoms with Crippen molar-refractivity contribution in [1.29, 1.82) is 0 Å². The van der Waals surface area contributed by atoms with Gasteiger partial charge in [0.25, 0.3) is 0 Å². The number of benzene rings is 2. The molecule has 2 aromatic rings. The monoisotopic (exact) mass is 388 g/mol. The highest BCUT2D eigenvalue weighted by atomic mass is 16.5. The maximum absolute atomic E-state index is 13.6. The normalized spacial score (nSPS) is 27.3. The van der Waals surface area contributed by atoms with Gasteiger partial charge >= 0.3 is 5.97 Å². The first-order valence-corrected chi connectivity index (χ1v) is 10.2. The zero-order chi connectivity index (χ0) is 20.1. The lowest BCUT2D eigenvalue weighted by molar-refractivity contribution is -0.118. The van der Waals surface area contributed by atoms with Gasteiger partial charge in [0.2, 0.25) is 0 Å². The largest absolute Gasteiger partial charge is 0.497 e. The molecular formula is C25H24O4. The van der Waals surface area contributed by atoms with Gasteiger partial charge in [-0.1, -0.05) is 24.3 Å². The fourth-order valence-corrected chi connectivity index (χ4v) is 5.85. The summed E-state index contributed by atoms with van der Waals surface area (Å²) in [5.74, 6) is 2.25. The Kier molecular flexibility index (Phi) is 4.30. The second kappa shape index (κ2) is 6.87. The van der Waals surface area contributed by atoms with Crippen LogP contribution in [0.2, 0.25) is 0 Å². The summed E-state index contributed by atoms with van der Waals surface area (Å²) in [7, 11) is 3.03.